The Bertz CT molecular complexity index is 459. The predicted molar refractivity (Wildman–Crippen MR) is 79.0 cm³/mol. The first kappa shape index (κ1) is 13.7. The third-order valence-corrected chi connectivity index (χ3v) is 4.13. The van der Waals surface area contributed by atoms with Gasteiger partial charge in [-0.25, -0.2) is 0 Å². The molecule has 0 spiro atoms. The van der Waals surface area contributed by atoms with E-state index in [2.05, 4.69) is 12.2 Å². The lowest BCUT2D eigenvalue weighted by atomic mass is 9.82. The number of benzene rings is 1. The highest BCUT2D eigenvalue weighted by Crippen LogP contribution is 2.32. The highest BCUT2D eigenvalue weighted by Gasteiger charge is 2.25. The molecule has 1 aromatic carbocycles. The van der Waals surface area contributed by atoms with Crippen molar-refractivity contribution in [2.75, 3.05) is 11.1 Å². The topological polar surface area (TPSA) is 81.1 Å². The van der Waals surface area contributed by atoms with Gasteiger partial charge in [0.25, 0.3) is 5.91 Å². The molecule has 0 bridgehead atoms. The van der Waals surface area contributed by atoms with Gasteiger partial charge < -0.3 is 16.8 Å². The number of anilines is 2. The summed E-state index contributed by atoms with van der Waals surface area (Å²) >= 11 is 0. The Morgan fingerprint density at radius 1 is 1.37 bits per heavy atom. The van der Waals surface area contributed by atoms with Crippen LogP contribution in [0.5, 0.6) is 0 Å². The Hall–Kier alpha value is -1.71. The van der Waals surface area contributed by atoms with Crippen molar-refractivity contribution in [3.8, 4) is 0 Å². The summed E-state index contributed by atoms with van der Waals surface area (Å²) in [6.45, 7) is 2.22. The van der Waals surface area contributed by atoms with Crippen LogP contribution in [0.3, 0.4) is 0 Å². The molecule has 5 N–H and O–H groups in total. The summed E-state index contributed by atoms with van der Waals surface area (Å²) in [6.07, 6.45) is 6.05. The summed E-state index contributed by atoms with van der Waals surface area (Å²) in [5.41, 5.74) is 13.2. The van der Waals surface area contributed by atoms with Gasteiger partial charge in [0.2, 0.25) is 0 Å². The molecule has 1 aromatic rings. The zero-order valence-electron chi connectivity index (χ0n) is 11.5. The molecule has 2 rings (SSSR count). The van der Waals surface area contributed by atoms with Crippen LogP contribution < -0.4 is 16.8 Å². The maximum absolute atomic E-state index is 11.5. The molecule has 0 heterocycles. The second kappa shape index (κ2) is 5.95. The monoisotopic (exact) mass is 261 g/mol. The van der Waals surface area contributed by atoms with E-state index in [9.17, 15) is 4.79 Å². The SMILES string of the molecule is CCC1CCCCC1Nc1c(N)cccc1C(N)=O. The minimum Gasteiger partial charge on any atom is -0.397 e. The van der Waals surface area contributed by atoms with Gasteiger partial charge in [0.15, 0.2) is 0 Å². The fraction of sp³-hybridized carbons (Fsp3) is 0.533. The number of nitrogen functional groups attached to an aromatic ring is 1. The number of hydrogen-bond donors (Lipinski definition) is 3. The molecule has 0 aliphatic heterocycles. The van der Waals surface area contributed by atoms with E-state index in [1.165, 1.54) is 19.3 Å². The number of para-hydroxylation sites is 1. The van der Waals surface area contributed by atoms with E-state index in [0.717, 1.165) is 12.8 Å². The van der Waals surface area contributed by atoms with Crippen LogP contribution in [0, 0.1) is 5.92 Å². The summed E-state index contributed by atoms with van der Waals surface area (Å²) in [6, 6.07) is 5.68. The average molecular weight is 261 g/mol. The lowest BCUT2D eigenvalue weighted by Crippen LogP contribution is -2.33. The third kappa shape index (κ3) is 3.00. The molecule has 4 nitrogen and oxygen atoms in total. The van der Waals surface area contributed by atoms with Gasteiger partial charge in [0.1, 0.15) is 0 Å². The first-order chi connectivity index (χ1) is 9.13. The van der Waals surface area contributed by atoms with Crippen molar-refractivity contribution in [2.45, 2.75) is 45.1 Å². The molecule has 1 fully saturated rings. The van der Waals surface area contributed by atoms with E-state index >= 15 is 0 Å². The van der Waals surface area contributed by atoms with Crippen LogP contribution in [0.2, 0.25) is 0 Å². The van der Waals surface area contributed by atoms with Crippen molar-refractivity contribution in [3.05, 3.63) is 23.8 Å². The van der Waals surface area contributed by atoms with Crippen molar-refractivity contribution < 1.29 is 4.79 Å². The number of rotatable bonds is 4. The van der Waals surface area contributed by atoms with Crippen molar-refractivity contribution in [1.82, 2.24) is 0 Å². The summed E-state index contributed by atoms with van der Waals surface area (Å²) in [5.74, 6) is 0.216. The Labute approximate surface area is 114 Å². The highest BCUT2D eigenvalue weighted by atomic mass is 16.1. The lowest BCUT2D eigenvalue weighted by Gasteiger charge is -2.33. The first-order valence-corrected chi connectivity index (χ1v) is 7.08. The van der Waals surface area contributed by atoms with Gasteiger partial charge in [-0.3, -0.25) is 4.79 Å². The molecular weight excluding hydrogens is 238 g/mol. The molecule has 0 aromatic heterocycles. The molecule has 0 saturated heterocycles. The van der Waals surface area contributed by atoms with Crippen LogP contribution in [0.25, 0.3) is 0 Å². The van der Waals surface area contributed by atoms with Gasteiger partial charge in [-0.15, -0.1) is 0 Å². The van der Waals surface area contributed by atoms with E-state index in [0.29, 0.717) is 28.9 Å². The minimum atomic E-state index is -0.432. The van der Waals surface area contributed by atoms with Crippen LogP contribution in [0.15, 0.2) is 18.2 Å². The number of carbonyl (C=O) groups is 1. The smallest absolute Gasteiger partial charge is 0.250 e. The predicted octanol–water partition coefficient (Wildman–Crippen LogP) is 2.75. The van der Waals surface area contributed by atoms with Gasteiger partial charge in [0.05, 0.1) is 16.9 Å². The highest BCUT2D eigenvalue weighted by molar-refractivity contribution is 6.01. The number of primary amides is 1. The normalized spacial score (nSPS) is 23.0. The molecule has 2 unspecified atom stereocenters. The number of nitrogens with one attached hydrogen (secondary N) is 1. The second-order valence-electron chi connectivity index (χ2n) is 5.34. The molecule has 1 aliphatic rings. The molecule has 1 amide bonds. The minimum absolute atomic E-state index is 0.390. The second-order valence-corrected chi connectivity index (χ2v) is 5.34. The zero-order valence-corrected chi connectivity index (χ0v) is 11.5. The molecule has 0 radical (unpaired) electrons. The number of carbonyl (C=O) groups excluding carboxylic acids is 1. The Kier molecular flexibility index (Phi) is 4.30. The number of nitrogens with two attached hydrogens (primary N) is 2. The largest absolute Gasteiger partial charge is 0.397 e. The summed E-state index contributed by atoms with van der Waals surface area (Å²) in [4.78, 5) is 11.5. The summed E-state index contributed by atoms with van der Waals surface area (Å²) < 4.78 is 0. The lowest BCUT2D eigenvalue weighted by molar-refractivity contribution is 0.100. The molecule has 1 aliphatic carbocycles. The van der Waals surface area contributed by atoms with Crippen molar-refractivity contribution in [3.63, 3.8) is 0 Å². The van der Waals surface area contributed by atoms with Crippen LogP contribution in [0.4, 0.5) is 11.4 Å². The van der Waals surface area contributed by atoms with E-state index in [1.54, 1.807) is 18.2 Å². The van der Waals surface area contributed by atoms with Crippen LogP contribution in [-0.4, -0.2) is 11.9 Å². The van der Waals surface area contributed by atoms with E-state index in [-0.39, 0.29) is 0 Å². The van der Waals surface area contributed by atoms with Crippen LogP contribution in [0.1, 0.15) is 49.4 Å². The maximum Gasteiger partial charge on any atom is 0.250 e. The molecule has 19 heavy (non-hydrogen) atoms. The van der Waals surface area contributed by atoms with Gasteiger partial charge in [-0.2, -0.15) is 0 Å². The van der Waals surface area contributed by atoms with Crippen molar-refractivity contribution >= 4 is 17.3 Å². The Balaban J connectivity index is 2.24. The van der Waals surface area contributed by atoms with E-state index in [4.69, 9.17) is 11.5 Å². The van der Waals surface area contributed by atoms with Crippen molar-refractivity contribution in [2.24, 2.45) is 11.7 Å². The standard InChI is InChI=1S/C15H23N3O/c1-2-10-6-3-4-9-13(10)18-14-11(15(17)19)7-5-8-12(14)16/h5,7-8,10,13,18H,2-4,6,9,16H2,1H3,(H2,17,19). The van der Waals surface area contributed by atoms with E-state index in [1.807, 2.05) is 0 Å². The van der Waals surface area contributed by atoms with Crippen molar-refractivity contribution in [1.29, 1.82) is 0 Å². The number of amides is 1. The Morgan fingerprint density at radius 3 is 2.79 bits per heavy atom. The first-order valence-electron chi connectivity index (χ1n) is 7.08. The fourth-order valence-electron chi connectivity index (χ4n) is 3.01. The van der Waals surface area contributed by atoms with E-state index < -0.39 is 5.91 Å². The van der Waals surface area contributed by atoms with Crippen LogP contribution in [-0.2, 0) is 0 Å². The summed E-state index contributed by atoms with van der Waals surface area (Å²) in [7, 11) is 0. The summed E-state index contributed by atoms with van der Waals surface area (Å²) in [5, 5.41) is 3.47. The van der Waals surface area contributed by atoms with Gasteiger partial charge >= 0.3 is 0 Å². The van der Waals surface area contributed by atoms with Gasteiger partial charge in [-0.05, 0) is 30.9 Å². The van der Waals surface area contributed by atoms with Crippen LogP contribution >= 0.6 is 0 Å². The molecule has 4 heteroatoms. The fourth-order valence-corrected chi connectivity index (χ4v) is 3.01. The third-order valence-electron chi connectivity index (χ3n) is 4.13. The zero-order chi connectivity index (χ0) is 13.8. The quantitative estimate of drug-likeness (QED) is 0.729. The molecule has 1 saturated carbocycles. The molecule has 2 atom stereocenters. The average Bonchev–Trinajstić information content (AvgIpc) is 2.41. The van der Waals surface area contributed by atoms with Gasteiger partial charge in [0, 0.05) is 6.04 Å². The maximum atomic E-state index is 11.5. The van der Waals surface area contributed by atoms with Gasteiger partial charge in [-0.1, -0.05) is 32.3 Å². The molecule has 104 valence electrons. The number of hydrogen-bond acceptors (Lipinski definition) is 3. The Morgan fingerprint density at radius 2 is 2.11 bits per heavy atom. The molecular formula is C15H23N3O.